The minimum absolute atomic E-state index is 0. The van der Waals surface area contributed by atoms with E-state index in [2.05, 4.69) is 20.5 Å². The Bertz CT molecular complexity index is 583. The predicted octanol–water partition coefficient (Wildman–Crippen LogP) is 3.12. The van der Waals surface area contributed by atoms with Crippen molar-refractivity contribution >= 4 is 46.8 Å². The first kappa shape index (κ1) is 30.4. The van der Waals surface area contributed by atoms with Crippen molar-refractivity contribution in [2.24, 2.45) is 4.99 Å². The number of piperidine rings is 1. The first-order chi connectivity index (χ1) is 13.9. The summed E-state index contributed by atoms with van der Waals surface area (Å²) in [6, 6.07) is 0. The zero-order chi connectivity index (χ0) is 22.8. The fraction of sp³-hybridized carbons (Fsp3) is 0.905. The molecule has 0 aromatic carbocycles. The Morgan fingerprint density at radius 3 is 2.23 bits per heavy atom. The highest BCUT2D eigenvalue weighted by Gasteiger charge is 2.23. The molecule has 0 bridgehead atoms. The number of carbonyl (C=O) groups is 1. The summed E-state index contributed by atoms with van der Waals surface area (Å²) in [5.74, 6) is 1.47. The first-order valence-corrected chi connectivity index (χ1v) is 12.2. The molecule has 0 radical (unpaired) electrons. The molecule has 184 valence electrons. The lowest BCUT2D eigenvalue weighted by molar-refractivity contribution is 0.0170. The van der Waals surface area contributed by atoms with Crippen molar-refractivity contribution in [1.82, 2.24) is 15.5 Å². The van der Waals surface area contributed by atoms with Crippen LogP contribution in [-0.2, 0) is 20.3 Å². The van der Waals surface area contributed by atoms with Gasteiger partial charge in [0.2, 0.25) is 0 Å². The summed E-state index contributed by atoms with van der Waals surface area (Å²) in [5.41, 5.74) is -0.478. The van der Waals surface area contributed by atoms with E-state index in [1.165, 1.54) is 0 Å². The summed E-state index contributed by atoms with van der Waals surface area (Å²) in [6.07, 6.45) is 2.48. The van der Waals surface area contributed by atoms with Crippen LogP contribution in [0.5, 0.6) is 0 Å². The third-order valence-corrected chi connectivity index (χ3v) is 6.49. The molecule has 1 heterocycles. The number of likely N-dealkylation sites (tertiary alicyclic amines) is 1. The highest BCUT2D eigenvalue weighted by atomic mass is 127. The lowest BCUT2D eigenvalue weighted by Gasteiger charge is -2.34. The Morgan fingerprint density at radius 1 is 1.10 bits per heavy atom. The van der Waals surface area contributed by atoms with Crippen molar-refractivity contribution in [2.75, 3.05) is 45.6 Å². The number of guanidine groups is 1. The number of carbonyl (C=O) groups excluding carboxylic acids is 1. The van der Waals surface area contributed by atoms with Gasteiger partial charge in [-0.2, -0.15) is 0 Å². The molecular weight excluding hydrogens is 531 g/mol. The second kappa shape index (κ2) is 14.5. The number of hydrogen-bond acceptors (Lipinski definition) is 5. The second-order valence-electron chi connectivity index (χ2n) is 9.48. The molecule has 1 atom stereocenters. The van der Waals surface area contributed by atoms with E-state index in [0.717, 1.165) is 38.3 Å². The maximum atomic E-state index is 12.2. The first-order valence-electron chi connectivity index (χ1n) is 10.8. The van der Waals surface area contributed by atoms with E-state index >= 15 is 0 Å². The summed E-state index contributed by atoms with van der Waals surface area (Å²) in [5, 5.41) is 6.08. The number of aliphatic imine (C=N–C) groups is 1. The van der Waals surface area contributed by atoms with Gasteiger partial charge in [0.15, 0.2) is 5.96 Å². The van der Waals surface area contributed by atoms with Gasteiger partial charge in [-0.15, -0.1) is 24.0 Å². The molecule has 2 N–H and O–H groups in total. The van der Waals surface area contributed by atoms with Gasteiger partial charge in [-0.1, -0.05) is 0 Å². The Morgan fingerprint density at radius 2 is 1.71 bits per heavy atom. The number of nitrogens with zero attached hydrogens (tertiary/aromatic N) is 2. The molecule has 8 nitrogen and oxygen atoms in total. The number of ether oxygens (including phenoxy) is 2. The van der Waals surface area contributed by atoms with Gasteiger partial charge in [0.25, 0.3) is 0 Å². The molecule has 1 amide bonds. The molecule has 0 aromatic rings. The van der Waals surface area contributed by atoms with Crippen LogP contribution in [0.25, 0.3) is 0 Å². The topological polar surface area (TPSA) is 92.3 Å². The fourth-order valence-corrected chi connectivity index (χ4v) is 3.85. The Hall–Kier alpha value is -0.620. The number of hydrogen-bond donors (Lipinski definition) is 2. The van der Waals surface area contributed by atoms with Crippen LogP contribution in [0.4, 0.5) is 4.79 Å². The number of alkyl carbamates (subject to hydrolysis) is 1. The maximum Gasteiger partial charge on any atom is 0.407 e. The van der Waals surface area contributed by atoms with Gasteiger partial charge in [-0.05, 0) is 60.8 Å². The Labute approximate surface area is 208 Å². The number of rotatable bonds is 8. The number of amides is 1. The van der Waals surface area contributed by atoms with Crippen molar-refractivity contribution < 1.29 is 18.5 Å². The average molecular weight is 575 g/mol. The van der Waals surface area contributed by atoms with E-state index in [1.54, 1.807) is 7.05 Å². The molecule has 1 aliphatic rings. The van der Waals surface area contributed by atoms with E-state index in [0.29, 0.717) is 25.4 Å². The van der Waals surface area contributed by atoms with Crippen molar-refractivity contribution in [3.8, 4) is 0 Å². The molecule has 1 saturated heterocycles. The summed E-state index contributed by atoms with van der Waals surface area (Å²) >= 11 is 0. The maximum absolute atomic E-state index is 12.2. The van der Waals surface area contributed by atoms with Gasteiger partial charge in [-0.25, -0.2) is 4.79 Å². The molecule has 0 spiro atoms. The van der Waals surface area contributed by atoms with Crippen molar-refractivity contribution in [3.63, 3.8) is 0 Å². The number of halogens is 1. The van der Waals surface area contributed by atoms with E-state index in [-0.39, 0.29) is 40.9 Å². The molecule has 0 aliphatic carbocycles. The van der Waals surface area contributed by atoms with Crippen LogP contribution < -0.4 is 10.6 Å². The summed E-state index contributed by atoms with van der Waals surface area (Å²) in [6.45, 7) is 15.1. The quantitative estimate of drug-likeness (QED) is 0.200. The highest BCUT2D eigenvalue weighted by molar-refractivity contribution is 14.0. The molecule has 1 unspecified atom stereocenters. The Balaban J connectivity index is 0.00000900. The van der Waals surface area contributed by atoms with Crippen molar-refractivity contribution in [2.45, 2.75) is 77.3 Å². The molecule has 1 aliphatic heterocycles. The monoisotopic (exact) mass is 574 g/mol. The van der Waals surface area contributed by atoms with E-state index in [9.17, 15) is 9.00 Å². The van der Waals surface area contributed by atoms with Gasteiger partial charge in [0, 0.05) is 61.1 Å². The molecule has 31 heavy (non-hydrogen) atoms. The van der Waals surface area contributed by atoms with Gasteiger partial charge < -0.3 is 25.0 Å². The van der Waals surface area contributed by atoms with Crippen LogP contribution in [0, 0.1) is 0 Å². The molecule has 10 heteroatoms. The highest BCUT2D eigenvalue weighted by Crippen LogP contribution is 2.14. The lowest BCUT2D eigenvalue weighted by Crippen LogP contribution is -2.48. The van der Waals surface area contributed by atoms with E-state index in [4.69, 9.17) is 9.47 Å². The normalized spacial score (nSPS) is 17.0. The molecule has 0 saturated carbocycles. The molecule has 1 rings (SSSR count). The fourth-order valence-electron chi connectivity index (χ4n) is 2.96. The Kier molecular flexibility index (Phi) is 14.2. The van der Waals surface area contributed by atoms with Gasteiger partial charge in [0.05, 0.1) is 6.10 Å². The van der Waals surface area contributed by atoms with Crippen LogP contribution >= 0.6 is 24.0 Å². The summed E-state index contributed by atoms with van der Waals surface area (Å²) < 4.78 is 23.1. The van der Waals surface area contributed by atoms with Gasteiger partial charge in [-0.3, -0.25) is 9.20 Å². The average Bonchev–Trinajstić information content (AvgIpc) is 2.63. The summed E-state index contributed by atoms with van der Waals surface area (Å²) in [4.78, 5) is 18.2. The van der Waals surface area contributed by atoms with Crippen LogP contribution in [0.3, 0.4) is 0 Å². The molecule has 0 aromatic heterocycles. The van der Waals surface area contributed by atoms with E-state index < -0.39 is 16.4 Å². The van der Waals surface area contributed by atoms with E-state index in [1.807, 2.05) is 41.5 Å². The number of nitrogens with one attached hydrogen (secondary N) is 2. The third-order valence-electron chi connectivity index (χ3n) is 4.55. The smallest absolute Gasteiger partial charge is 0.407 e. The van der Waals surface area contributed by atoms with Gasteiger partial charge >= 0.3 is 6.09 Å². The van der Waals surface area contributed by atoms with Crippen molar-refractivity contribution in [1.29, 1.82) is 0 Å². The minimum Gasteiger partial charge on any atom is -0.444 e. The summed E-state index contributed by atoms with van der Waals surface area (Å²) in [7, 11) is 0.911. The van der Waals surface area contributed by atoms with Crippen LogP contribution in [0.2, 0.25) is 0 Å². The standard InChI is InChI=1S/C21H42N4O4S.HI/c1-20(2,3)29-19(26)24-11-8-15-28-17-9-13-25(14-10-17)18(22-7)23-12-16-30(27)21(4,5)6;/h17H,8-16H2,1-7H3,(H,22,23)(H,24,26);1H. The van der Waals surface area contributed by atoms with Gasteiger partial charge in [0.1, 0.15) is 5.60 Å². The SMILES string of the molecule is CN=C(NCCS(=O)C(C)(C)C)N1CCC(OCCCNC(=O)OC(C)(C)C)CC1.I. The van der Waals surface area contributed by atoms with Crippen LogP contribution in [0.15, 0.2) is 4.99 Å². The lowest BCUT2D eigenvalue weighted by atomic mass is 10.1. The second-order valence-corrected chi connectivity index (χ2v) is 11.8. The van der Waals surface area contributed by atoms with Crippen LogP contribution in [0.1, 0.15) is 60.8 Å². The zero-order valence-corrected chi connectivity index (χ0v) is 23.4. The largest absolute Gasteiger partial charge is 0.444 e. The van der Waals surface area contributed by atoms with Crippen molar-refractivity contribution in [3.05, 3.63) is 0 Å². The van der Waals surface area contributed by atoms with Crippen LogP contribution in [-0.4, -0.2) is 83.2 Å². The molecule has 1 fully saturated rings. The zero-order valence-electron chi connectivity index (χ0n) is 20.3. The third kappa shape index (κ3) is 13.5. The molecular formula is C21H43IN4O4S. The predicted molar refractivity (Wildman–Crippen MR) is 139 cm³/mol. The minimum atomic E-state index is -0.871.